The van der Waals surface area contributed by atoms with Gasteiger partial charge in [0.2, 0.25) is 0 Å². The van der Waals surface area contributed by atoms with Gasteiger partial charge in [0.15, 0.2) is 11.5 Å². The molecule has 0 spiro atoms. The van der Waals surface area contributed by atoms with Gasteiger partial charge >= 0.3 is 0 Å². The highest BCUT2D eigenvalue weighted by atomic mass is 16.5. The number of oxazole rings is 1. The molecule has 1 saturated heterocycles. The minimum Gasteiger partial charge on any atom is -0.441 e. The van der Waals surface area contributed by atoms with Crippen LogP contribution in [0.4, 0.5) is 0 Å². The van der Waals surface area contributed by atoms with Crippen LogP contribution in [0.25, 0.3) is 11.1 Å². The number of hydrogen-bond acceptors (Lipinski definition) is 4. The number of nitrogens with zero attached hydrogens (tertiary/aromatic N) is 1. The van der Waals surface area contributed by atoms with Crippen LogP contribution in [-0.2, 0) is 11.2 Å². The van der Waals surface area contributed by atoms with Gasteiger partial charge in [-0.3, -0.25) is 0 Å². The first-order chi connectivity index (χ1) is 8.21. The molecule has 4 nitrogen and oxygen atoms in total. The van der Waals surface area contributed by atoms with Crippen molar-refractivity contribution >= 4 is 11.1 Å². The van der Waals surface area contributed by atoms with E-state index < -0.39 is 0 Å². The monoisotopic (exact) mass is 232 g/mol. The second-order valence-electron chi connectivity index (χ2n) is 4.91. The summed E-state index contributed by atoms with van der Waals surface area (Å²) in [5.41, 5.74) is 8.97. The molecule has 0 atom stereocenters. The molecule has 4 heteroatoms. The van der Waals surface area contributed by atoms with Crippen molar-refractivity contribution in [2.75, 3.05) is 19.8 Å². The fourth-order valence-electron chi connectivity index (χ4n) is 2.31. The molecular weight excluding hydrogens is 216 g/mol. The van der Waals surface area contributed by atoms with Gasteiger partial charge in [-0.2, -0.15) is 0 Å². The van der Waals surface area contributed by atoms with Crippen LogP contribution in [0.5, 0.6) is 0 Å². The van der Waals surface area contributed by atoms with Crippen LogP contribution in [0.15, 0.2) is 22.6 Å². The smallest absolute Gasteiger partial charge is 0.192 e. The van der Waals surface area contributed by atoms with E-state index in [-0.39, 0.29) is 5.41 Å². The Bertz CT molecular complexity index is 538. The zero-order valence-electron chi connectivity index (χ0n) is 9.90. The van der Waals surface area contributed by atoms with Crippen molar-refractivity contribution in [3.05, 3.63) is 29.7 Å². The van der Waals surface area contributed by atoms with Gasteiger partial charge in [0, 0.05) is 18.9 Å². The molecule has 3 rings (SSSR count). The molecular formula is C13H16N2O2. The Kier molecular flexibility index (Phi) is 2.42. The second-order valence-corrected chi connectivity index (χ2v) is 4.91. The fraction of sp³-hybridized carbons (Fsp3) is 0.462. The van der Waals surface area contributed by atoms with Crippen molar-refractivity contribution in [3.63, 3.8) is 0 Å². The third kappa shape index (κ3) is 1.83. The first kappa shape index (κ1) is 10.7. The third-order valence-corrected chi connectivity index (χ3v) is 3.39. The highest BCUT2D eigenvalue weighted by Gasteiger charge is 2.37. The summed E-state index contributed by atoms with van der Waals surface area (Å²) in [6, 6.07) is 6.15. The van der Waals surface area contributed by atoms with E-state index in [4.69, 9.17) is 14.9 Å². The molecule has 1 aromatic heterocycles. The first-order valence-electron chi connectivity index (χ1n) is 5.85. The maximum absolute atomic E-state index is 5.82. The van der Waals surface area contributed by atoms with Gasteiger partial charge in [-0.15, -0.1) is 0 Å². The molecule has 0 saturated carbocycles. The van der Waals surface area contributed by atoms with Gasteiger partial charge in [0.25, 0.3) is 0 Å². The molecule has 2 heterocycles. The third-order valence-electron chi connectivity index (χ3n) is 3.39. The quantitative estimate of drug-likeness (QED) is 0.874. The van der Waals surface area contributed by atoms with E-state index in [1.165, 1.54) is 5.56 Å². The van der Waals surface area contributed by atoms with Gasteiger partial charge in [-0.25, -0.2) is 4.98 Å². The predicted molar refractivity (Wildman–Crippen MR) is 64.8 cm³/mol. The molecule has 0 unspecified atom stereocenters. The van der Waals surface area contributed by atoms with Gasteiger partial charge in [-0.05, 0) is 24.1 Å². The Morgan fingerprint density at radius 2 is 2.24 bits per heavy atom. The SMILES string of the molecule is Cc1nc2cc(CC3(CN)COC3)ccc2o1. The zero-order chi connectivity index (χ0) is 11.9. The van der Waals surface area contributed by atoms with Gasteiger partial charge < -0.3 is 14.9 Å². The van der Waals surface area contributed by atoms with Crippen LogP contribution in [0.2, 0.25) is 0 Å². The molecule has 1 aliphatic rings. The molecule has 0 amide bonds. The maximum atomic E-state index is 5.82. The normalized spacial score (nSPS) is 18.2. The zero-order valence-corrected chi connectivity index (χ0v) is 9.90. The number of aryl methyl sites for hydroxylation is 1. The Balaban J connectivity index is 1.90. The maximum Gasteiger partial charge on any atom is 0.192 e. The molecule has 90 valence electrons. The Labute approximate surface area is 99.8 Å². The van der Waals surface area contributed by atoms with E-state index >= 15 is 0 Å². The van der Waals surface area contributed by atoms with Gasteiger partial charge in [0.05, 0.1) is 13.2 Å². The fourth-order valence-corrected chi connectivity index (χ4v) is 2.31. The van der Waals surface area contributed by atoms with Crippen LogP contribution >= 0.6 is 0 Å². The lowest BCUT2D eigenvalue weighted by Gasteiger charge is -2.40. The summed E-state index contributed by atoms with van der Waals surface area (Å²) in [4.78, 5) is 4.34. The number of aromatic nitrogens is 1. The molecule has 0 bridgehead atoms. The number of benzene rings is 1. The lowest BCUT2D eigenvalue weighted by molar-refractivity contribution is -0.106. The van der Waals surface area contributed by atoms with Crippen LogP contribution < -0.4 is 5.73 Å². The average molecular weight is 232 g/mol. The average Bonchev–Trinajstić information content (AvgIpc) is 2.63. The minimum atomic E-state index is 0.131. The number of rotatable bonds is 3. The minimum absolute atomic E-state index is 0.131. The van der Waals surface area contributed by atoms with Crippen molar-refractivity contribution in [1.29, 1.82) is 0 Å². The van der Waals surface area contributed by atoms with E-state index in [0.29, 0.717) is 12.4 Å². The Morgan fingerprint density at radius 1 is 1.41 bits per heavy atom. The second kappa shape index (κ2) is 3.82. The van der Waals surface area contributed by atoms with Gasteiger partial charge in [-0.1, -0.05) is 6.07 Å². The summed E-state index contributed by atoms with van der Waals surface area (Å²) in [7, 11) is 0. The molecule has 1 fully saturated rings. The molecule has 17 heavy (non-hydrogen) atoms. The summed E-state index contributed by atoms with van der Waals surface area (Å²) in [5.74, 6) is 0.706. The largest absolute Gasteiger partial charge is 0.441 e. The van der Waals surface area contributed by atoms with Crippen LogP contribution in [-0.4, -0.2) is 24.7 Å². The predicted octanol–water partition coefficient (Wildman–Crippen LogP) is 1.65. The van der Waals surface area contributed by atoms with E-state index in [2.05, 4.69) is 17.1 Å². The van der Waals surface area contributed by atoms with Crippen LogP contribution in [0, 0.1) is 12.3 Å². The van der Waals surface area contributed by atoms with Crippen LogP contribution in [0.3, 0.4) is 0 Å². The topological polar surface area (TPSA) is 61.3 Å². The summed E-state index contributed by atoms with van der Waals surface area (Å²) >= 11 is 0. The van der Waals surface area contributed by atoms with E-state index in [9.17, 15) is 0 Å². The van der Waals surface area contributed by atoms with E-state index in [0.717, 1.165) is 30.7 Å². The van der Waals surface area contributed by atoms with E-state index in [1.807, 2.05) is 13.0 Å². The first-order valence-corrected chi connectivity index (χ1v) is 5.85. The standard InChI is InChI=1S/C13H16N2O2/c1-9-15-11-4-10(2-3-12(11)17-9)5-13(6-14)7-16-8-13/h2-4H,5-8,14H2,1H3. The highest BCUT2D eigenvalue weighted by molar-refractivity contribution is 5.73. The van der Waals surface area contributed by atoms with Crippen molar-refractivity contribution in [2.24, 2.45) is 11.1 Å². The lowest BCUT2D eigenvalue weighted by atomic mass is 9.80. The molecule has 1 aromatic carbocycles. The lowest BCUT2D eigenvalue weighted by Crippen LogP contribution is -2.49. The van der Waals surface area contributed by atoms with Gasteiger partial charge in [0.1, 0.15) is 5.52 Å². The summed E-state index contributed by atoms with van der Waals surface area (Å²) in [5, 5.41) is 0. The van der Waals surface area contributed by atoms with Crippen molar-refractivity contribution in [3.8, 4) is 0 Å². The summed E-state index contributed by atoms with van der Waals surface area (Å²) in [6.07, 6.45) is 0.950. The van der Waals surface area contributed by atoms with Crippen molar-refractivity contribution in [1.82, 2.24) is 4.98 Å². The highest BCUT2D eigenvalue weighted by Crippen LogP contribution is 2.31. The molecule has 1 aliphatic heterocycles. The number of fused-ring (bicyclic) bond motifs is 1. The molecule has 0 radical (unpaired) electrons. The molecule has 0 aliphatic carbocycles. The molecule has 2 N–H and O–H groups in total. The Morgan fingerprint density at radius 3 is 2.88 bits per heavy atom. The summed E-state index contributed by atoms with van der Waals surface area (Å²) < 4.78 is 10.7. The Hall–Kier alpha value is -1.39. The number of nitrogens with two attached hydrogens (primary N) is 1. The van der Waals surface area contributed by atoms with Crippen molar-refractivity contribution in [2.45, 2.75) is 13.3 Å². The van der Waals surface area contributed by atoms with E-state index in [1.54, 1.807) is 0 Å². The van der Waals surface area contributed by atoms with Crippen molar-refractivity contribution < 1.29 is 9.15 Å². The number of hydrogen-bond donors (Lipinski definition) is 1. The van der Waals surface area contributed by atoms with Crippen LogP contribution in [0.1, 0.15) is 11.5 Å². The number of ether oxygens (including phenoxy) is 1. The summed E-state index contributed by atoms with van der Waals surface area (Å²) in [6.45, 7) is 4.06. The molecule has 2 aromatic rings.